The lowest BCUT2D eigenvalue weighted by Gasteiger charge is -2.08. The molecule has 0 fully saturated rings. The standard InChI is InChI=1S/C11H12N2O4S/c1-8-4-2-3-5-9(8)12-10-6-18(16,17)7-11(10)13(14)15/h2-5,12H,6-7H2,1H3. The third-order valence-electron chi connectivity index (χ3n) is 2.72. The summed E-state index contributed by atoms with van der Waals surface area (Å²) in [5, 5.41) is 13.7. The molecule has 1 heterocycles. The molecule has 18 heavy (non-hydrogen) atoms. The minimum Gasteiger partial charge on any atom is -0.353 e. The van der Waals surface area contributed by atoms with Crippen molar-refractivity contribution in [1.82, 2.24) is 0 Å². The van der Waals surface area contributed by atoms with Crippen LogP contribution in [0.25, 0.3) is 0 Å². The first-order chi connectivity index (χ1) is 8.39. The fraction of sp³-hybridized carbons (Fsp3) is 0.273. The van der Waals surface area contributed by atoms with Crippen molar-refractivity contribution in [3.63, 3.8) is 0 Å². The topological polar surface area (TPSA) is 89.3 Å². The van der Waals surface area contributed by atoms with E-state index >= 15 is 0 Å². The van der Waals surface area contributed by atoms with Gasteiger partial charge in [-0.1, -0.05) is 18.2 Å². The molecule has 1 N–H and O–H groups in total. The van der Waals surface area contributed by atoms with Crippen molar-refractivity contribution in [2.45, 2.75) is 6.92 Å². The Morgan fingerprint density at radius 2 is 1.94 bits per heavy atom. The highest BCUT2D eigenvalue weighted by Gasteiger charge is 2.35. The van der Waals surface area contributed by atoms with Gasteiger partial charge in [-0.25, -0.2) is 8.42 Å². The number of aryl methyl sites for hydroxylation is 1. The summed E-state index contributed by atoms with van der Waals surface area (Å²) in [4.78, 5) is 10.2. The third-order valence-corrected chi connectivity index (χ3v) is 4.16. The van der Waals surface area contributed by atoms with E-state index in [4.69, 9.17) is 0 Å². The van der Waals surface area contributed by atoms with Crippen LogP contribution in [-0.2, 0) is 9.84 Å². The highest BCUT2D eigenvalue weighted by molar-refractivity contribution is 7.92. The Hall–Kier alpha value is -1.89. The fourth-order valence-electron chi connectivity index (χ4n) is 1.80. The highest BCUT2D eigenvalue weighted by Crippen LogP contribution is 2.24. The molecule has 1 aliphatic rings. The Bertz CT molecular complexity index is 634. The predicted molar refractivity (Wildman–Crippen MR) is 67.5 cm³/mol. The second-order valence-corrected chi connectivity index (χ2v) is 6.22. The van der Waals surface area contributed by atoms with Crippen molar-refractivity contribution in [3.05, 3.63) is 51.3 Å². The maximum absolute atomic E-state index is 11.4. The Kier molecular flexibility index (Phi) is 3.08. The molecule has 0 aromatic heterocycles. The van der Waals surface area contributed by atoms with Gasteiger partial charge in [0, 0.05) is 5.69 Å². The third kappa shape index (κ3) is 2.51. The number of nitrogens with zero attached hydrogens (tertiary/aromatic N) is 1. The molecule has 0 amide bonds. The summed E-state index contributed by atoms with van der Waals surface area (Å²) in [7, 11) is -3.40. The molecule has 0 spiro atoms. The Morgan fingerprint density at radius 3 is 2.56 bits per heavy atom. The van der Waals surface area contributed by atoms with E-state index < -0.39 is 20.5 Å². The quantitative estimate of drug-likeness (QED) is 0.659. The minimum atomic E-state index is -3.40. The summed E-state index contributed by atoms with van der Waals surface area (Å²) < 4.78 is 22.9. The molecule has 96 valence electrons. The Morgan fingerprint density at radius 1 is 1.28 bits per heavy atom. The first-order valence-electron chi connectivity index (χ1n) is 5.28. The molecule has 7 heteroatoms. The number of nitro groups is 1. The van der Waals surface area contributed by atoms with Crippen LogP contribution in [0.15, 0.2) is 35.7 Å². The van der Waals surface area contributed by atoms with E-state index in [9.17, 15) is 18.5 Å². The van der Waals surface area contributed by atoms with Gasteiger partial charge in [0.15, 0.2) is 9.84 Å². The highest BCUT2D eigenvalue weighted by atomic mass is 32.2. The molecule has 0 saturated carbocycles. The van der Waals surface area contributed by atoms with Gasteiger partial charge in [-0.3, -0.25) is 10.1 Å². The van der Waals surface area contributed by atoms with Crippen LogP contribution in [0.2, 0.25) is 0 Å². The average molecular weight is 268 g/mol. The number of anilines is 1. The lowest BCUT2D eigenvalue weighted by Crippen LogP contribution is -2.08. The molecule has 1 aromatic carbocycles. The molecule has 0 bridgehead atoms. The van der Waals surface area contributed by atoms with Crippen LogP contribution in [0, 0.1) is 17.0 Å². The molecule has 6 nitrogen and oxygen atoms in total. The molecule has 2 rings (SSSR count). The lowest BCUT2D eigenvalue weighted by molar-refractivity contribution is -0.424. The van der Waals surface area contributed by atoms with E-state index in [2.05, 4.69) is 5.32 Å². The van der Waals surface area contributed by atoms with Gasteiger partial charge in [0.05, 0.1) is 10.7 Å². The second kappa shape index (κ2) is 4.41. The van der Waals surface area contributed by atoms with Crippen molar-refractivity contribution in [2.75, 3.05) is 16.8 Å². The maximum atomic E-state index is 11.4. The summed E-state index contributed by atoms with van der Waals surface area (Å²) in [6.45, 7) is 1.85. The first kappa shape index (κ1) is 12.6. The van der Waals surface area contributed by atoms with Gasteiger partial charge in [-0.15, -0.1) is 0 Å². The molecule has 0 radical (unpaired) electrons. The van der Waals surface area contributed by atoms with Crippen LogP contribution in [0.4, 0.5) is 5.69 Å². The van der Waals surface area contributed by atoms with Gasteiger partial charge < -0.3 is 5.32 Å². The molecule has 1 aliphatic heterocycles. The van der Waals surface area contributed by atoms with Gasteiger partial charge in [0.2, 0.25) is 0 Å². The van der Waals surface area contributed by atoms with Crippen molar-refractivity contribution in [2.24, 2.45) is 0 Å². The summed E-state index contributed by atoms with van der Waals surface area (Å²) >= 11 is 0. The number of hydrogen-bond acceptors (Lipinski definition) is 5. The molecule has 0 atom stereocenters. The number of para-hydroxylation sites is 1. The first-order valence-corrected chi connectivity index (χ1v) is 7.11. The molecule has 0 aliphatic carbocycles. The van der Waals surface area contributed by atoms with E-state index in [0.29, 0.717) is 5.69 Å². The van der Waals surface area contributed by atoms with Crippen LogP contribution in [0.5, 0.6) is 0 Å². The lowest BCUT2D eigenvalue weighted by atomic mass is 10.2. The Balaban J connectivity index is 2.35. The molecule has 0 saturated heterocycles. The zero-order valence-corrected chi connectivity index (χ0v) is 10.5. The number of hydrogen-bond donors (Lipinski definition) is 1. The SMILES string of the molecule is Cc1ccccc1NC1=C([N+](=O)[O-])CS(=O)(=O)C1. The molecule has 1 aromatic rings. The van der Waals surface area contributed by atoms with Gasteiger partial charge in [-0.05, 0) is 18.6 Å². The largest absolute Gasteiger partial charge is 0.353 e. The van der Waals surface area contributed by atoms with Crippen molar-refractivity contribution in [1.29, 1.82) is 0 Å². The number of rotatable bonds is 3. The van der Waals surface area contributed by atoms with Gasteiger partial charge in [0.1, 0.15) is 11.4 Å². The van der Waals surface area contributed by atoms with Crippen LogP contribution in [-0.4, -0.2) is 24.8 Å². The normalized spacial score (nSPS) is 17.8. The summed E-state index contributed by atoms with van der Waals surface area (Å²) in [6.07, 6.45) is 0. The number of benzene rings is 1. The van der Waals surface area contributed by atoms with Crippen LogP contribution in [0.1, 0.15) is 5.56 Å². The van der Waals surface area contributed by atoms with Crippen LogP contribution < -0.4 is 5.32 Å². The molecule has 0 unspecified atom stereocenters. The monoisotopic (exact) mass is 268 g/mol. The van der Waals surface area contributed by atoms with E-state index in [-0.39, 0.29) is 17.1 Å². The predicted octanol–water partition coefficient (Wildman–Crippen LogP) is 1.32. The zero-order chi connectivity index (χ0) is 13.3. The maximum Gasteiger partial charge on any atom is 0.281 e. The van der Waals surface area contributed by atoms with Gasteiger partial charge >= 0.3 is 0 Å². The smallest absolute Gasteiger partial charge is 0.281 e. The summed E-state index contributed by atoms with van der Waals surface area (Å²) in [5.74, 6) is -0.814. The summed E-state index contributed by atoms with van der Waals surface area (Å²) in [5.41, 5.74) is 1.48. The van der Waals surface area contributed by atoms with E-state index in [1.165, 1.54) is 0 Å². The van der Waals surface area contributed by atoms with Gasteiger partial charge in [0.25, 0.3) is 5.70 Å². The van der Waals surface area contributed by atoms with E-state index in [1.54, 1.807) is 12.1 Å². The zero-order valence-electron chi connectivity index (χ0n) is 9.71. The van der Waals surface area contributed by atoms with Crippen LogP contribution in [0.3, 0.4) is 0 Å². The van der Waals surface area contributed by atoms with E-state index in [0.717, 1.165) is 5.56 Å². The molecular weight excluding hydrogens is 256 g/mol. The average Bonchev–Trinajstić information content (AvgIpc) is 2.57. The van der Waals surface area contributed by atoms with Crippen LogP contribution >= 0.6 is 0 Å². The minimum absolute atomic E-state index is 0.161. The van der Waals surface area contributed by atoms with Crippen molar-refractivity contribution in [3.8, 4) is 0 Å². The number of nitrogens with one attached hydrogen (secondary N) is 1. The van der Waals surface area contributed by atoms with Crippen molar-refractivity contribution >= 4 is 15.5 Å². The number of sulfone groups is 1. The summed E-state index contributed by atoms with van der Waals surface area (Å²) in [6, 6.07) is 7.23. The van der Waals surface area contributed by atoms with Crippen molar-refractivity contribution < 1.29 is 13.3 Å². The molecular formula is C11H12N2O4S. The van der Waals surface area contributed by atoms with E-state index in [1.807, 2.05) is 19.1 Å². The fourth-order valence-corrected chi connectivity index (χ4v) is 3.27. The second-order valence-electron chi connectivity index (χ2n) is 4.15. The van der Waals surface area contributed by atoms with Gasteiger partial charge in [-0.2, -0.15) is 0 Å². The Labute approximate surface area is 104 Å².